The minimum Gasteiger partial charge on any atom is -1.00 e. The van der Waals surface area contributed by atoms with Gasteiger partial charge in [-0.2, -0.15) is 0 Å². The summed E-state index contributed by atoms with van der Waals surface area (Å²) in [5.74, 6) is 1.09. The molecule has 130 valence electrons. The van der Waals surface area contributed by atoms with Crippen LogP contribution in [0.4, 0.5) is 0 Å². The summed E-state index contributed by atoms with van der Waals surface area (Å²) in [6.45, 7) is 15.6. The average Bonchev–Trinajstić information content (AvgIpc) is 2.13. The molecule has 0 saturated carbocycles. The fourth-order valence-electron chi connectivity index (χ4n) is 1.98. The summed E-state index contributed by atoms with van der Waals surface area (Å²) in [4.78, 5) is 0. The summed E-state index contributed by atoms with van der Waals surface area (Å²) in [6.07, 6.45) is 0. The molecule has 0 spiro atoms. The van der Waals surface area contributed by atoms with Crippen molar-refractivity contribution in [3.63, 3.8) is 0 Å². The van der Waals surface area contributed by atoms with Crippen LogP contribution in [0.15, 0.2) is 12.1 Å². The second kappa shape index (κ2) is 12.5. The molecule has 0 amide bonds. The Morgan fingerprint density at radius 3 is 1.18 bits per heavy atom. The fourth-order valence-corrected chi connectivity index (χ4v) is 2.62. The van der Waals surface area contributed by atoms with Crippen LogP contribution in [0.2, 0.25) is 0 Å². The van der Waals surface area contributed by atoms with E-state index >= 15 is 0 Å². The van der Waals surface area contributed by atoms with Crippen molar-refractivity contribution >= 4 is 0 Å². The molecular weight excluding hydrogens is 557 g/mol. The Kier molecular flexibility index (Phi) is 19.6. The number of halogens is 5. The Hall–Kier alpha value is 1.16. The molecule has 0 bridgehead atoms. The zero-order chi connectivity index (χ0) is 13.4. The first-order chi connectivity index (χ1) is 7.57. The molecule has 22 heavy (non-hydrogen) atoms. The first kappa shape index (κ1) is 34.5. The summed E-state index contributed by atoms with van der Waals surface area (Å²) >= 11 is 1.15. The molecule has 1 aromatic carbocycles. The molecule has 1 rings (SSSR count). The SMILES string of the molecule is Cc1cc(C(C)(C)C)c([O][W+5])c(C(C)(C)C)c1.[Cl-].[Cl-].[Cl-].[Cl-].[Cl-]. The molecule has 0 heterocycles. The molecular formula is C15H23Cl5OW. The van der Waals surface area contributed by atoms with Crippen LogP contribution in [0.3, 0.4) is 0 Å². The Morgan fingerprint density at radius 1 is 0.727 bits per heavy atom. The van der Waals surface area contributed by atoms with Gasteiger partial charge in [0.15, 0.2) is 0 Å². The van der Waals surface area contributed by atoms with E-state index in [2.05, 4.69) is 60.6 Å². The van der Waals surface area contributed by atoms with E-state index < -0.39 is 0 Å². The van der Waals surface area contributed by atoms with Crippen LogP contribution in [0, 0.1) is 6.92 Å². The first-order valence-electron chi connectivity index (χ1n) is 6.03. The smallest absolute Gasteiger partial charge is 1.00 e. The van der Waals surface area contributed by atoms with E-state index in [0.717, 1.165) is 25.9 Å². The van der Waals surface area contributed by atoms with Crippen LogP contribution in [-0.4, -0.2) is 0 Å². The minimum absolute atomic E-state index is 0. The second-order valence-corrected chi connectivity index (χ2v) is 7.37. The molecule has 0 saturated heterocycles. The van der Waals surface area contributed by atoms with Gasteiger partial charge in [0.05, 0.1) is 0 Å². The van der Waals surface area contributed by atoms with Gasteiger partial charge in [-0.1, -0.05) is 0 Å². The van der Waals surface area contributed by atoms with E-state index in [1.54, 1.807) is 0 Å². The standard InChI is InChI=1S/C15H24O.5ClH.W/c1-10-8-11(14(2,3)4)13(16)12(9-10)15(5,6)7;;;;;;/h8-9,16H,1-7H3;5*1H;/q;;;;;;+6/p-6. The molecule has 0 unspecified atom stereocenters. The van der Waals surface area contributed by atoms with Crippen LogP contribution in [0.1, 0.15) is 58.2 Å². The van der Waals surface area contributed by atoms with Crippen molar-refractivity contribution in [1.29, 1.82) is 0 Å². The quantitative estimate of drug-likeness (QED) is 0.321. The largest absolute Gasteiger partial charge is 1.00 e. The average molecular weight is 580 g/mol. The normalized spacial score (nSPS) is 9.86. The molecule has 0 N–H and O–H groups in total. The maximum absolute atomic E-state index is 5.77. The summed E-state index contributed by atoms with van der Waals surface area (Å²) < 4.78 is 5.77. The topological polar surface area (TPSA) is 9.23 Å². The van der Waals surface area contributed by atoms with Crippen LogP contribution in [0.5, 0.6) is 5.75 Å². The van der Waals surface area contributed by atoms with E-state index in [1.807, 2.05) is 0 Å². The van der Waals surface area contributed by atoms with E-state index in [9.17, 15) is 0 Å². The van der Waals surface area contributed by atoms with Gasteiger partial charge in [0.1, 0.15) is 0 Å². The first-order valence-corrected chi connectivity index (χ1v) is 7.22. The number of rotatable bonds is 1. The molecule has 7 heteroatoms. The van der Waals surface area contributed by atoms with E-state index in [4.69, 9.17) is 3.39 Å². The molecule has 0 radical (unpaired) electrons. The summed E-state index contributed by atoms with van der Waals surface area (Å²) in [5.41, 5.74) is 4.19. The van der Waals surface area contributed by atoms with Crippen LogP contribution < -0.4 is 65.4 Å². The van der Waals surface area contributed by atoms with Gasteiger partial charge in [-0.3, -0.25) is 0 Å². The predicted molar refractivity (Wildman–Crippen MR) is 69.2 cm³/mol. The summed E-state index contributed by atoms with van der Waals surface area (Å²) in [7, 11) is 0. The van der Waals surface area contributed by atoms with Crippen LogP contribution in [-0.2, 0) is 31.0 Å². The second-order valence-electron chi connectivity index (χ2n) is 6.77. The molecule has 1 aromatic rings. The molecule has 0 aliphatic rings. The summed E-state index contributed by atoms with van der Waals surface area (Å²) in [6, 6.07) is 4.51. The van der Waals surface area contributed by atoms with E-state index in [0.29, 0.717) is 0 Å². The van der Waals surface area contributed by atoms with Gasteiger partial charge >= 0.3 is 117 Å². The molecule has 1 nitrogen and oxygen atoms in total. The maximum Gasteiger partial charge on any atom is -1.00 e. The number of benzene rings is 1. The van der Waals surface area contributed by atoms with E-state index in [1.165, 1.54) is 16.7 Å². The number of hydrogen-bond acceptors (Lipinski definition) is 1. The molecule has 0 aromatic heterocycles. The van der Waals surface area contributed by atoms with Crippen molar-refractivity contribution in [2.45, 2.75) is 59.3 Å². The zero-order valence-electron chi connectivity index (χ0n) is 13.9. The van der Waals surface area contributed by atoms with Crippen LogP contribution in [0.25, 0.3) is 0 Å². The Morgan fingerprint density at radius 2 is 1.00 bits per heavy atom. The minimum atomic E-state index is 0. The van der Waals surface area contributed by atoms with E-state index in [-0.39, 0.29) is 72.9 Å². The number of hydrogen-bond donors (Lipinski definition) is 0. The zero-order valence-corrected chi connectivity index (χ0v) is 20.6. The van der Waals surface area contributed by atoms with Gasteiger partial charge in [0.25, 0.3) is 0 Å². The monoisotopic (exact) mass is 578 g/mol. The predicted octanol–water partition coefficient (Wildman–Crippen LogP) is -10.5. The van der Waals surface area contributed by atoms with Gasteiger partial charge in [-0.05, 0) is 0 Å². The maximum atomic E-state index is 5.77. The summed E-state index contributed by atoms with van der Waals surface area (Å²) in [5, 5.41) is 0. The molecule has 0 fully saturated rings. The van der Waals surface area contributed by atoms with Gasteiger partial charge in [0, 0.05) is 0 Å². The molecule has 0 aliphatic carbocycles. The van der Waals surface area contributed by atoms with Gasteiger partial charge < -0.3 is 62.0 Å². The van der Waals surface area contributed by atoms with Crippen molar-refractivity contribution < 1.29 is 85.6 Å². The third-order valence-electron chi connectivity index (χ3n) is 2.93. The van der Waals surface area contributed by atoms with Crippen molar-refractivity contribution in [3.05, 3.63) is 28.8 Å². The van der Waals surface area contributed by atoms with Crippen molar-refractivity contribution in [2.24, 2.45) is 0 Å². The Balaban J connectivity index is -0.000000193. The van der Waals surface area contributed by atoms with Gasteiger partial charge in [-0.25, -0.2) is 0 Å². The fraction of sp³-hybridized carbons (Fsp3) is 0.600. The van der Waals surface area contributed by atoms with Gasteiger partial charge in [-0.15, -0.1) is 0 Å². The molecule has 0 atom stereocenters. The number of aryl methyl sites for hydroxylation is 1. The van der Waals surface area contributed by atoms with Crippen molar-refractivity contribution in [2.75, 3.05) is 0 Å². The third-order valence-corrected chi connectivity index (χ3v) is 3.53. The molecule has 0 aliphatic heterocycles. The Labute approximate surface area is 178 Å². The van der Waals surface area contributed by atoms with Crippen LogP contribution >= 0.6 is 0 Å². The van der Waals surface area contributed by atoms with Crippen molar-refractivity contribution in [3.8, 4) is 5.75 Å². The third kappa shape index (κ3) is 8.86. The van der Waals surface area contributed by atoms with Gasteiger partial charge in [0.2, 0.25) is 0 Å². The Bertz CT molecular complexity index is 390. The van der Waals surface area contributed by atoms with Crippen molar-refractivity contribution in [1.82, 2.24) is 0 Å².